The van der Waals surface area contributed by atoms with Crippen molar-refractivity contribution in [3.05, 3.63) is 22.3 Å². The lowest BCUT2D eigenvalue weighted by atomic mass is 9.75. The molecule has 0 radical (unpaired) electrons. The summed E-state index contributed by atoms with van der Waals surface area (Å²) in [5.74, 6) is 0. The Morgan fingerprint density at radius 2 is 0.667 bits per heavy atom. The van der Waals surface area contributed by atoms with Crippen molar-refractivity contribution in [2.24, 2.45) is 0 Å². The van der Waals surface area contributed by atoms with Crippen LogP contribution in [-0.2, 0) is 0 Å². The first-order chi connectivity index (χ1) is 5.79. The molecule has 0 saturated carbocycles. The molecule has 0 amide bonds. The van der Waals surface area contributed by atoms with Crippen molar-refractivity contribution in [1.82, 2.24) is 0 Å². The van der Waals surface area contributed by atoms with Gasteiger partial charge in [-0.1, -0.05) is 27.7 Å². The fraction of sp³-hybridized carbons (Fsp3) is 0.667. The molecule has 0 aliphatic heterocycles. The second kappa shape index (κ2) is 3.93. The minimum absolute atomic E-state index is 1.23. The molecule has 0 aromatic heterocycles. The van der Waals surface area contributed by atoms with Crippen molar-refractivity contribution in [1.29, 1.82) is 0 Å². The normalized spacial score (nSPS) is 17.0. The van der Waals surface area contributed by atoms with Crippen molar-refractivity contribution in [3.8, 4) is 0 Å². The molecule has 0 aromatic carbocycles. The molecule has 0 aromatic rings. The SMILES string of the molecule is CCC1=C(CC)C(CC)=C1CC. The average Bonchev–Trinajstić information content (AvgIpc) is 2.05. The first-order valence-electron chi connectivity index (χ1n) is 5.24. The molecular formula is C12H20. The van der Waals surface area contributed by atoms with Crippen LogP contribution < -0.4 is 0 Å². The highest BCUT2D eigenvalue weighted by molar-refractivity contribution is 5.59. The van der Waals surface area contributed by atoms with Crippen LogP contribution in [0, 0.1) is 0 Å². The third-order valence-electron chi connectivity index (χ3n) is 2.87. The Balaban J connectivity index is 2.83. The Morgan fingerprint density at radius 3 is 0.750 bits per heavy atom. The van der Waals surface area contributed by atoms with Crippen LogP contribution in [0.4, 0.5) is 0 Å². The van der Waals surface area contributed by atoms with E-state index in [-0.39, 0.29) is 0 Å². The molecule has 1 aliphatic carbocycles. The zero-order valence-corrected chi connectivity index (χ0v) is 8.83. The number of allylic oxidation sites excluding steroid dienone is 4. The number of rotatable bonds is 4. The van der Waals surface area contributed by atoms with Crippen molar-refractivity contribution < 1.29 is 0 Å². The lowest BCUT2D eigenvalue weighted by Gasteiger charge is -2.30. The van der Waals surface area contributed by atoms with E-state index in [2.05, 4.69) is 27.7 Å². The molecular weight excluding hydrogens is 144 g/mol. The molecule has 0 unspecified atom stereocenters. The summed E-state index contributed by atoms with van der Waals surface area (Å²) in [5.41, 5.74) is 6.66. The molecule has 68 valence electrons. The second-order valence-electron chi connectivity index (χ2n) is 3.33. The predicted molar refractivity (Wildman–Crippen MR) is 55.2 cm³/mol. The molecule has 1 rings (SSSR count). The monoisotopic (exact) mass is 164 g/mol. The molecule has 1 aliphatic rings. The molecule has 0 nitrogen and oxygen atoms in total. The maximum absolute atomic E-state index is 2.27. The van der Waals surface area contributed by atoms with E-state index in [1.54, 1.807) is 22.3 Å². The quantitative estimate of drug-likeness (QED) is 0.583. The van der Waals surface area contributed by atoms with Gasteiger partial charge in [0.05, 0.1) is 0 Å². The Morgan fingerprint density at radius 1 is 0.500 bits per heavy atom. The fourth-order valence-electron chi connectivity index (χ4n) is 2.37. The molecule has 0 N–H and O–H groups in total. The maximum atomic E-state index is 2.27. The van der Waals surface area contributed by atoms with Crippen LogP contribution in [0.1, 0.15) is 53.4 Å². The first-order valence-corrected chi connectivity index (χ1v) is 5.24. The van der Waals surface area contributed by atoms with Gasteiger partial charge in [0.25, 0.3) is 0 Å². The summed E-state index contributed by atoms with van der Waals surface area (Å²) < 4.78 is 0. The van der Waals surface area contributed by atoms with Gasteiger partial charge in [0.1, 0.15) is 0 Å². The lowest BCUT2D eigenvalue weighted by Crippen LogP contribution is -2.10. The molecule has 0 heterocycles. The van der Waals surface area contributed by atoms with E-state index < -0.39 is 0 Å². The van der Waals surface area contributed by atoms with E-state index in [1.807, 2.05) is 0 Å². The summed E-state index contributed by atoms with van der Waals surface area (Å²) in [5, 5.41) is 0. The summed E-state index contributed by atoms with van der Waals surface area (Å²) in [6, 6.07) is 0. The van der Waals surface area contributed by atoms with Crippen LogP contribution in [0.25, 0.3) is 0 Å². The zero-order chi connectivity index (χ0) is 9.14. The van der Waals surface area contributed by atoms with E-state index in [1.165, 1.54) is 25.7 Å². The van der Waals surface area contributed by atoms with E-state index >= 15 is 0 Å². The predicted octanol–water partition coefficient (Wildman–Crippen LogP) is 4.23. The molecule has 0 bridgehead atoms. The highest BCUT2D eigenvalue weighted by Gasteiger charge is 2.22. The van der Waals surface area contributed by atoms with Crippen LogP contribution >= 0.6 is 0 Å². The highest BCUT2D eigenvalue weighted by Crippen LogP contribution is 2.42. The van der Waals surface area contributed by atoms with Gasteiger partial charge in [0.2, 0.25) is 0 Å². The second-order valence-corrected chi connectivity index (χ2v) is 3.33. The average molecular weight is 164 g/mol. The zero-order valence-electron chi connectivity index (χ0n) is 8.83. The smallest absolute Gasteiger partial charge is 0.0302 e. The first kappa shape index (κ1) is 9.57. The van der Waals surface area contributed by atoms with Gasteiger partial charge in [-0.2, -0.15) is 0 Å². The van der Waals surface area contributed by atoms with Gasteiger partial charge in [-0.3, -0.25) is 0 Å². The van der Waals surface area contributed by atoms with Crippen LogP contribution in [0.5, 0.6) is 0 Å². The minimum Gasteiger partial charge on any atom is -0.0613 e. The fourth-order valence-corrected chi connectivity index (χ4v) is 2.37. The van der Waals surface area contributed by atoms with Gasteiger partial charge in [0.15, 0.2) is 0 Å². The van der Waals surface area contributed by atoms with E-state index in [0.29, 0.717) is 0 Å². The Kier molecular flexibility index (Phi) is 3.13. The van der Waals surface area contributed by atoms with E-state index in [4.69, 9.17) is 0 Å². The molecule has 0 fully saturated rings. The van der Waals surface area contributed by atoms with Gasteiger partial charge in [0, 0.05) is 0 Å². The van der Waals surface area contributed by atoms with Gasteiger partial charge in [-0.05, 0) is 48.0 Å². The molecule has 0 saturated heterocycles. The summed E-state index contributed by atoms with van der Waals surface area (Å²) in [4.78, 5) is 0. The Hall–Kier alpha value is -0.520. The van der Waals surface area contributed by atoms with Gasteiger partial charge < -0.3 is 0 Å². The van der Waals surface area contributed by atoms with Crippen LogP contribution in [0.3, 0.4) is 0 Å². The Labute approximate surface area is 76.4 Å². The Bertz CT molecular complexity index is 167. The van der Waals surface area contributed by atoms with Gasteiger partial charge in [-0.25, -0.2) is 0 Å². The van der Waals surface area contributed by atoms with Crippen LogP contribution in [-0.4, -0.2) is 0 Å². The van der Waals surface area contributed by atoms with Crippen molar-refractivity contribution in [3.63, 3.8) is 0 Å². The van der Waals surface area contributed by atoms with Crippen molar-refractivity contribution >= 4 is 0 Å². The maximum Gasteiger partial charge on any atom is -0.0302 e. The summed E-state index contributed by atoms with van der Waals surface area (Å²) >= 11 is 0. The van der Waals surface area contributed by atoms with Gasteiger partial charge >= 0.3 is 0 Å². The largest absolute Gasteiger partial charge is 0.0613 e. The van der Waals surface area contributed by atoms with Crippen molar-refractivity contribution in [2.75, 3.05) is 0 Å². The lowest BCUT2D eigenvalue weighted by molar-refractivity contribution is 0.852. The van der Waals surface area contributed by atoms with Crippen LogP contribution in [0.15, 0.2) is 22.3 Å². The van der Waals surface area contributed by atoms with E-state index in [0.717, 1.165) is 0 Å². The minimum atomic E-state index is 1.23. The van der Waals surface area contributed by atoms with Crippen LogP contribution in [0.2, 0.25) is 0 Å². The third kappa shape index (κ3) is 1.24. The van der Waals surface area contributed by atoms with Gasteiger partial charge in [-0.15, -0.1) is 0 Å². The number of hydrogen-bond donors (Lipinski definition) is 0. The third-order valence-corrected chi connectivity index (χ3v) is 2.87. The standard InChI is InChI=1S/C12H20/c1-5-9-10(6-2)12(8-4)11(9)7-3/h5-8H2,1-4H3. The highest BCUT2D eigenvalue weighted by atomic mass is 14.3. The molecule has 0 atom stereocenters. The number of hydrogen-bond acceptors (Lipinski definition) is 0. The summed E-state index contributed by atoms with van der Waals surface area (Å²) in [6.45, 7) is 9.08. The van der Waals surface area contributed by atoms with E-state index in [9.17, 15) is 0 Å². The summed E-state index contributed by atoms with van der Waals surface area (Å²) in [6.07, 6.45) is 4.93. The molecule has 0 spiro atoms. The topological polar surface area (TPSA) is 0 Å². The molecule has 12 heavy (non-hydrogen) atoms. The summed E-state index contributed by atoms with van der Waals surface area (Å²) in [7, 11) is 0. The van der Waals surface area contributed by atoms with Crippen molar-refractivity contribution in [2.45, 2.75) is 53.4 Å². The molecule has 0 heteroatoms.